The van der Waals surface area contributed by atoms with Gasteiger partial charge in [0, 0.05) is 6.20 Å². The summed E-state index contributed by atoms with van der Waals surface area (Å²) in [6.07, 6.45) is 10.6. The Morgan fingerprint density at radius 1 is 1.31 bits per heavy atom. The molecule has 1 N–H and O–H groups in total. The first-order valence-electron chi connectivity index (χ1n) is 8.87. The van der Waals surface area contributed by atoms with E-state index in [-0.39, 0.29) is 41.4 Å². The van der Waals surface area contributed by atoms with E-state index in [0.29, 0.717) is 17.9 Å². The Labute approximate surface area is 156 Å². The van der Waals surface area contributed by atoms with Gasteiger partial charge in [-0.1, -0.05) is 12.2 Å². The molecule has 2 aliphatic carbocycles. The van der Waals surface area contributed by atoms with Crippen molar-refractivity contribution < 1.29 is 14.4 Å². The van der Waals surface area contributed by atoms with Crippen LogP contribution in [0.25, 0.3) is 0 Å². The SMILES string of the molecule is CSCCC(C(=O)Nc1cccnc1)N1C(=O)C2C3C=CC(C3)C2C1=O. The fraction of sp³-hybridized carbons (Fsp3) is 0.474. The second-order valence-corrected chi connectivity index (χ2v) is 8.06. The lowest BCUT2D eigenvalue weighted by Gasteiger charge is -2.26. The second kappa shape index (κ2) is 6.87. The number of nitrogens with zero attached hydrogens (tertiary/aromatic N) is 2. The monoisotopic (exact) mass is 371 g/mol. The molecule has 136 valence electrons. The topological polar surface area (TPSA) is 79.4 Å². The molecule has 1 saturated heterocycles. The van der Waals surface area contributed by atoms with Crippen molar-refractivity contribution in [1.82, 2.24) is 9.88 Å². The van der Waals surface area contributed by atoms with Crippen LogP contribution in [0.15, 0.2) is 36.7 Å². The first-order valence-corrected chi connectivity index (χ1v) is 10.3. The predicted octanol–water partition coefficient (Wildman–Crippen LogP) is 1.95. The lowest BCUT2D eigenvalue weighted by Crippen LogP contribution is -2.48. The smallest absolute Gasteiger partial charge is 0.247 e. The fourth-order valence-electron chi connectivity index (χ4n) is 4.50. The second-order valence-electron chi connectivity index (χ2n) is 7.07. The third-order valence-corrected chi connectivity index (χ3v) is 6.29. The first kappa shape index (κ1) is 17.3. The lowest BCUT2D eigenvalue weighted by molar-refractivity contribution is -0.147. The molecular formula is C19H21N3O3S. The van der Waals surface area contributed by atoms with Crippen LogP contribution >= 0.6 is 11.8 Å². The fourth-order valence-corrected chi connectivity index (χ4v) is 4.96. The van der Waals surface area contributed by atoms with Crippen molar-refractivity contribution in [2.75, 3.05) is 17.3 Å². The number of carbonyl (C=O) groups is 3. The molecule has 1 aromatic heterocycles. The number of amides is 3. The van der Waals surface area contributed by atoms with Crippen molar-refractivity contribution in [3.63, 3.8) is 0 Å². The molecule has 1 saturated carbocycles. The predicted molar refractivity (Wildman–Crippen MR) is 99.2 cm³/mol. The van der Waals surface area contributed by atoms with E-state index >= 15 is 0 Å². The number of thioether (sulfide) groups is 1. The summed E-state index contributed by atoms with van der Waals surface area (Å²) in [4.78, 5) is 44.2. The molecule has 3 aliphatic rings. The minimum Gasteiger partial charge on any atom is -0.323 e. The van der Waals surface area contributed by atoms with Gasteiger partial charge in [-0.2, -0.15) is 11.8 Å². The summed E-state index contributed by atoms with van der Waals surface area (Å²) in [5.74, 6) is -0.241. The average Bonchev–Trinajstić information content (AvgIpc) is 3.32. The van der Waals surface area contributed by atoms with Crippen molar-refractivity contribution >= 4 is 35.2 Å². The number of fused-ring (bicyclic) bond motifs is 5. The summed E-state index contributed by atoms with van der Waals surface area (Å²) in [6.45, 7) is 0. The van der Waals surface area contributed by atoms with Crippen molar-refractivity contribution in [2.24, 2.45) is 23.7 Å². The molecule has 5 unspecified atom stereocenters. The van der Waals surface area contributed by atoms with Crippen molar-refractivity contribution in [1.29, 1.82) is 0 Å². The number of imide groups is 1. The molecule has 26 heavy (non-hydrogen) atoms. The van der Waals surface area contributed by atoms with Crippen LogP contribution < -0.4 is 5.32 Å². The van der Waals surface area contributed by atoms with Crippen LogP contribution in [0.3, 0.4) is 0 Å². The summed E-state index contributed by atoms with van der Waals surface area (Å²) < 4.78 is 0. The van der Waals surface area contributed by atoms with Gasteiger partial charge in [0.05, 0.1) is 23.7 Å². The first-order chi connectivity index (χ1) is 12.6. The molecule has 0 radical (unpaired) electrons. The van der Waals surface area contributed by atoms with E-state index in [9.17, 15) is 14.4 Å². The Kier molecular flexibility index (Phi) is 4.56. The molecule has 6 nitrogen and oxygen atoms in total. The number of rotatable bonds is 6. The Balaban J connectivity index is 1.57. The summed E-state index contributed by atoms with van der Waals surface area (Å²) in [6, 6.07) is 2.70. The van der Waals surface area contributed by atoms with Crippen LogP contribution in [0, 0.1) is 23.7 Å². The van der Waals surface area contributed by atoms with Crippen LogP contribution in [0.4, 0.5) is 5.69 Å². The van der Waals surface area contributed by atoms with E-state index in [1.54, 1.807) is 36.3 Å². The molecule has 3 amide bonds. The molecule has 4 rings (SSSR count). The van der Waals surface area contributed by atoms with Gasteiger partial charge < -0.3 is 5.32 Å². The average molecular weight is 371 g/mol. The number of hydrogen-bond acceptors (Lipinski definition) is 5. The van der Waals surface area contributed by atoms with E-state index < -0.39 is 6.04 Å². The molecule has 2 bridgehead atoms. The van der Waals surface area contributed by atoms with E-state index in [2.05, 4.69) is 22.5 Å². The molecule has 0 spiro atoms. The molecule has 1 aliphatic heterocycles. The van der Waals surface area contributed by atoms with Crippen LogP contribution in [0.1, 0.15) is 12.8 Å². The molecule has 2 heterocycles. The Bertz CT molecular complexity index is 737. The molecule has 7 heteroatoms. The van der Waals surface area contributed by atoms with Gasteiger partial charge >= 0.3 is 0 Å². The highest BCUT2D eigenvalue weighted by atomic mass is 32.2. The minimum atomic E-state index is -0.771. The Hall–Kier alpha value is -2.15. The van der Waals surface area contributed by atoms with Crippen LogP contribution in [-0.2, 0) is 14.4 Å². The highest BCUT2D eigenvalue weighted by Gasteiger charge is 2.60. The maximum atomic E-state index is 13.0. The van der Waals surface area contributed by atoms with E-state index in [4.69, 9.17) is 0 Å². The maximum absolute atomic E-state index is 13.0. The van der Waals surface area contributed by atoms with Gasteiger partial charge in [-0.15, -0.1) is 0 Å². The van der Waals surface area contributed by atoms with Gasteiger partial charge in [0.1, 0.15) is 6.04 Å². The zero-order valence-corrected chi connectivity index (χ0v) is 15.3. The van der Waals surface area contributed by atoms with Gasteiger partial charge in [0.15, 0.2) is 0 Å². The number of carbonyl (C=O) groups excluding carboxylic acids is 3. The normalized spacial score (nSPS) is 30.0. The van der Waals surface area contributed by atoms with Crippen molar-refractivity contribution in [3.05, 3.63) is 36.7 Å². The van der Waals surface area contributed by atoms with Gasteiger partial charge in [-0.05, 0) is 48.8 Å². The number of allylic oxidation sites excluding steroid dienone is 2. The largest absolute Gasteiger partial charge is 0.323 e. The van der Waals surface area contributed by atoms with Gasteiger partial charge in [0.2, 0.25) is 17.7 Å². The van der Waals surface area contributed by atoms with E-state index in [1.807, 2.05) is 6.26 Å². The standard InChI is InChI=1S/C19H21N3O3S/c1-26-8-6-14(17(23)21-13-3-2-7-20-10-13)22-18(24)15-11-4-5-12(9-11)16(15)19(22)25/h2-5,7,10-12,14-16H,6,8-9H2,1H3,(H,21,23). The van der Waals surface area contributed by atoms with E-state index in [0.717, 1.165) is 6.42 Å². The van der Waals surface area contributed by atoms with Crippen molar-refractivity contribution in [3.8, 4) is 0 Å². The number of aromatic nitrogens is 1. The maximum Gasteiger partial charge on any atom is 0.247 e. The number of nitrogens with one attached hydrogen (secondary N) is 1. The molecule has 0 aromatic carbocycles. The molecule has 1 aromatic rings. The molecule has 2 fully saturated rings. The number of pyridine rings is 1. The summed E-state index contributed by atoms with van der Waals surface area (Å²) in [7, 11) is 0. The highest BCUT2D eigenvalue weighted by Crippen LogP contribution is 2.53. The number of anilines is 1. The lowest BCUT2D eigenvalue weighted by atomic mass is 9.85. The summed E-state index contributed by atoms with van der Waals surface area (Å²) in [5, 5.41) is 2.80. The number of hydrogen-bond donors (Lipinski definition) is 1. The van der Waals surface area contributed by atoms with Gasteiger partial charge in [0.25, 0.3) is 0 Å². The molecular weight excluding hydrogens is 350 g/mol. The van der Waals surface area contributed by atoms with Crippen molar-refractivity contribution in [2.45, 2.75) is 18.9 Å². The third kappa shape index (κ3) is 2.74. The van der Waals surface area contributed by atoms with Crippen LogP contribution in [0.2, 0.25) is 0 Å². The Morgan fingerprint density at radius 3 is 2.58 bits per heavy atom. The zero-order chi connectivity index (χ0) is 18.3. The van der Waals surface area contributed by atoms with Gasteiger partial charge in [-0.3, -0.25) is 24.3 Å². The summed E-state index contributed by atoms with van der Waals surface area (Å²) in [5.41, 5.74) is 0.563. The minimum absolute atomic E-state index is 0.147. The van der Waals surface area contributed by atoms with Crippen LogP contribution in [-0.4, -0.2) is 45.7 Å². The molecule has 5 atom stereocenters. The van der Waals surface area contributed by atoms with Crippen LogP contribution in [0.5, 0.6) is 0 Å². The zero-order valence-electron chi connectivity index (χ0n) is 14.5. The summed E-state index contributed by atoms with van der Waals surface area (Å²) >= 11 is 1.60. The Morgan fingerprint density at radius 2 is 2.00 bits per heavy atom. The number of likely N-dealkylation sites (tertiary alicyclic amines) is 1. The van der Waals surface area contributed by atoms with Gasteiger partial charge in [-0.25, -0.2) is 0 Å². The third-order valence-electron chi connectivity index (χ3n) is 5.64. The quantitative estimate of drug-likeness (QED) is 0.611. The highest BCUT2D eigenvalue weighted by molar-refractivity contribution is 7.98. The van der Waals surface area contributed by atoms with E-state index in [1.165, 1.54) is 4.90 Å².